The van der Waals surface area contributed by atoms with Crippen molar-refractivity contribution in [3.8, 4) is 0 Å². The van der Waals surface area contributed by atoms with E-state index >= 15 is 0 Å². The van der Waals surface area contributed by atoms with Crippen LogP contribution in [0.3, 0.4) is 0 Å². The molecule has 0 bridgehead atoms. The summed E-state index contributed by atoms with van der Waals surface area (Å²) in [6, 6.07) is -0.125. The van der Waals surface area contributed by atoms with E-state index in [1.165, 1.54) is 11.3 Å². The first-order valence-corrected chi connectivity index (χ1v) is 9.13. The van der Waals surface area contributed by atoms with Gasteiger partial charge in [0, 0.05) is 50.5 Å². The lowest BCUT2D eigenvalue weighted by Gasteiger charge is -2.24. The van der Waals surface area contributed by atoms with Crippen molar-refractivity contribution >= 4 is 5.91 Å². The third kappa shape index (κ3) is 3.35. The van der Waals surface area contributed by atoms with Crippen molar-refractivity contribution in [1.82, 2.24) is 20.0 Å². The van der Waals surface area contributed by atoms with Gasteiger partial charge in [-0.3, -0.25) is 9.48 Å². The molecule has 3 heterocycles. The molecule has 6 nitrogen and oxygen atoms in total. The second-order valence-corrected chi connectivity index (χ2v) is 7.21. The highest BCUT2D eigenvalue weighted by molar-refractivity contribution is 5.81. The number of aryl methyl sites for hydroxylation is 2. The highest BCUT2D eigenvalue weighted by atomic mass is 16.5. The molecular weight excluding hydrogens is 304 g/mol. The van der Waals surface area contributed by atoms with Crippen molar-refractivity contribution in [2.75, 3.05) is 26.2 Å². The predicted molar refractivity (Wildman–Crippen MR) is 92.8 cm³/mol. The number of aromatic nitrogens is 2. The van der Waals surface area contributed by atoms with Gasteiger partial charge >= 0.3 is 0 Å². The maximum absolute atomic E-state index is 12.4. The molecule has 1 amide bonds. The Morgan fingerprint density at radius 1 is 1.38 bits per heavy atom. The Kier molecular flexibility index (Phi) is 5.25. The molecule has 0 saturated carbocycles. The first kappa shape index (κ1) is 17.4. The lowest BCUT2D eigenvalue weighted by atomic mass is 9.93. The first-order valence-electron chi connectivity index (χ1n) is 9.13. The summed E-state index contributed by atoms with van der Waals surface area (Å²) in [5.41, 5.74) is 3.44. The van der Waals surface area contributed by atoms with Gasteiger partial charge in [-0.25, -0.2) is 0 Å². The van der Waals surface area contributed by atoms with Crippen LogP contribution in [0.15, 0.2) is 0 Å². The quantitative estimate of drug-likeness (QED) is 0.891. The fourth-order valence-corrected chi connectivity index (χ4v) is 3.99. The van der Waals surface area contributed by atoms with Crippen LogP contribution < -0.4 is 5.32 Å². The van der Waals surface area contributed by atoms with Crippen LogP contribution in [0.1, 0.15) is 49.2 Å². The molecule has 0 aromatic carbocycles. The molecule has 1 aromatic heterocycles. The smallest absolute Gasteiger partial charge is 0.239 e. The van der Waals surface area contributed by atoms with Crippen molar-refractivity contribution < 1.29 is 9.53 Å². The van der Waals surface area contributed by atoms with Crippen LogP contribution in [-0.4, -0.2) is 52.9 Å². The minimum absolute atomic E-state index is 0.0836. The number of hydrogen-bond acceptors (Lipinski definition) is 4. The zero-order valence-corrected chi connectivity index (χ0v) is 15.3. The first-order chi connectivity index (χ1) is 11.5. The zero-order chi connectivity index (χ0) is 17.3. The molecule has 134 valence electrons. The highest BCUT2D eigenvalue weighted by Gasteiger charge is 2.34. The molecule has 1 aromatic rings. The van der Waals surface area contributed by atoms with E-state index in [4.69, 9.17) is 4.74 Å². The minimum atomic E-state index is -0.125. The van der Waals surface area contributed by atoms with Crippen LogP contribution in [0.25, 0.3) is 0 Å². The number of nitrogens with zero attached hydrogens (tertiary/aromatic N) is 3. The van der Waals surface area contributed by atoms with E-state index in [-0.39, 0.29) is 18.1 Å². The number of amides is 1. The van der Waals surface area contributed by atoms with E-state index in [0.717, 1.165) is 51.2 Å². The molecule has 2 saturated heterocycles. The monoisotopic (exact) mass is 334 g/mol. The number of carbonyl (C=O) groups is 1. The maximum Gasteiger partial charge on any atom is 0.239 e. The lowest BCUT2D eigenvalue weighted by Crippen LogP contribution is -2.45. The Balaban J connectivity index is 1.61. The van der Waals surface area contributed by atoms with Crippen LogP contribution in [0.2, 0.25) is 0 Å². The van der Waals surface area contributed by atoms with Crippen LogP contribution in [-0.2, 0) is 16.6 Å². The number of carbonyl (C=O) groups excluding carboxylic acids is 1. The van der Waals surface area contributed by atoms with E-state index in [1.54, 1.807) is 0 Å². The van der Waals surface area contributed by atoms with Gasteiger partial charge in [-0.1, -0.05) is 0 Å². The number of rotatable bonds is 5. The molecule has 2 aliphatic heterocycles. The van der Waals surface area contributed by atoms with Gasteiger partial charge in [0.05, 0.1) is 17.8 Å². The molecule has 1 N–H and O–H groups in total. The third-order valence-corrected chi connectivity index (χ3v) is 5.54. The van der Waals surface area contributed by atoms with Gasteiger partial charge in [0.15, 0.2) is 0 Å². The van der Waals surface area contributed by atoms with Crippen molar-refractivity contribution in [2.24, 2.45) is 13.0 Å². The van der Waals surface area contributed by atoms with Crippen molar-refractivity contribution in [3.05, 3.63) is 17.0 Å². The van der Waals surface area contributed by atoms with E-state index < -0.39 is 0 Å². The third-order valence-electron chi connectivity index (χ3n) is 5.54. The Bertz CT molecular complexity index is 592. The standard InChI is InChI=1S/C18H30N4O2/c1-12-16(14(3)21(4)20-12)17-15(7-10-24-17)11-19-13(2)18(23)22-8-5-6-9-22/h13,15,17,19H,5-11H2,1-4H3/t13-,15+,17-/m1/s1. The summed E-state index contributed by atoms with van der Waals surface area (Å²) in [5.74, 6) is 0.622. The molecular formula is C18H30N4O2. The molecule has 3 atom stereocenters. The van der Waals surface area contributed by atoms with Crippen LogP contribution in [0.4, 0.5) is 0 Å². The SMILES string of the molecule is Cc1nn(C)c(C)c1[C@@H]1OCC[C@H]1CN[C@H](C)C(=O)N1CCCC1. The number of likely N-dealkylation sites (tertiary alicyclic amines) is 1. The largest absolute Gasteiger partial charge is 0.373 e. The average molecular weight is 334 g/mol. The van der Waals surface area contributed by atoms with Crippen LogP contribution in [0.5, 0.6) is 0 Å². The highest BCUT2D eigenvalue weighted by Crippen LogP contribution is 2.37. The van der Waals surface area contributed by atoms with Crippen molar-refractivity contribution in [3.63, 3.8) is 0 Å². The predicted octanol–water partition coefficient (Wildman–Crippen LogP) is 1.72. The second-order valence-electron chi connectivity index (χ2n) is 7.21. The van der Waals surface area contributed by atoms with Gasteiger partial charge in [0.1, 0.15) is 0 Å². The zero-order valence-electron chi connectivity index (χ0n) is 15.3. The van der Waals surface area contributed by atoms with Gasteiger partial charge in [-0.15, -0.1) is 0 Å². The Morgan fingerprint density at radius 3 is 2.71 bits per heavy atom. The average Bonchev–Trinajstić information content (AvgIpc) is 3.27. The fraction of sp³-hybridized carbons (Fsp3) is 0.778. The summed E-state index contributed by atoms with van der Waals surface area (Å²) in [6.45, 7) is 9.53. The normalized spacial score (nSPS) is 25.4. The Morgan fingerprint density at radius 2 is 2.08 bits per heavy atom. The molecule has 2 fully saturated rings. The second kappa shape index (κ2) is 7.23. The van der Waals surface area contributed by atoms with E-state index in [2.05, 4.69) is 17.3 Å². The number of hydrogen-bond donors (Lipinski definition) is 1. The number of nitrogens with one attached hydrogen (secondary N) is 1. The van der Waals surface area contributed by atoms with Crippen molar-refractivity contribution in [1.29, 1.82) is 0 Å². The summed E-state index contributed by atoms with van der Waals surface area (Å²) < 4.78 is 7.96. The Hall–Kier alpha value is -1.40. The lowest BCUT2D eigenvalue weighted by molar-refractivity contribution is -0.132. The van der Waals surface area contributed by atoms with E-state index in [9.17, 15) is 4.79 Å². The van der Waals surface area contributed by atoms with Gasteiger partial charge in [0.2, 0.25) is 5.91 Å². The number of ether oxygens (including phenoxy) is 1. The van der Waals surface area contributed by atoms with Gasteiger partial charge in [-0.2, -0.15) is 5.10 Å². The summed E-state index contributed by atoms with van der Waals surface area (Å²) in [5, 5.41) is 7.97. The molecule has 0 spiro atoms. The van der Waals surface area contributed by atoms with Gasteiger partial charge in [-0.05, 0) is 40.0 Å². The molecule has 0 unspecified atom stereocenters. The van der Waals surface area contributed by atoms with Crippen LogP contribution >= 0.6 is 0 Å². The van der Waals surface area contributed by atoms with Crippen molar-refractivity contribution in [2.45, 2.75) is 52.2 Å². The van der Waals surface area contributed by atoms with E-state index in [1.807, 2.05) is 30.5 Å². The molecule has 0 radical (unpaired) electrons. The molecule has 3 rings (SSSR count). The minimum Gasteiger partial charge on any atom is -0.373 e. The van der Waals surface area contributed by atoms with E-state index in [0.29, 0.717) is 5.92 Å². The summed E-state index contributed by atoms with van der Waals surface area (Å²) in [7, 11) is 1.98. The maximum atomic E-state index is 12.4. The summed E-state index contributed by atoms with van der Waals surface area (Å²) >= 11 is 0. The fourth-order valence-electron chi connectivity index (χ4n) is 3.99. The van der Waals surface area contributed by atoms with Crippen LogP contribution in [0, 0.1) is 19.8 Å². The molecule has 6 heteroatoms. The summed E-state index contributed by atoms with van der Waals surface area (Å²) in [4.78, 5) is 14.4. The van der Waals surface area contributed by atoms with Gasteiger partial charge < -0.3 is 15.0 Å². The van der Waals surface area contributed by atoms with Gasteiger partial charge in [0.25, 0.3) is 0 Å². The molecule has 0 aliphatic carbocycles. The molecule has 24 heavy (non-hydrogen) atoms. The Labute approximate surface area is 144 Å². The molecule has 2 aliphatic rings. The topological polar surface area (TPSA) is 59.4 Å². The summed E-state index contributed by atoms with van der Waals surface area (Å²) in [6.07, 6.45) is 3.38.